The number of ether oxygens (including phenoxy) is 1. The number of carbonyl (C=O) groups is 2. The molecule has 1 amide bonds. The van der Waals surface area contributed by atoms with E-state index in [-0.39, 0.29) is 18.1 Å². The minimum absolute atomic E-state index is 0.00158. The van der Waals surface area contributed by atoms with Crippen LogP contribution in [-0.4, -0.2) is 36.2 Å². The molecule has 1 aromatic rings. The summed E-state index contributed by atoms with van der Waals surface area (Å²) in [6, 6.07) is 6.40. The molecule has 0 spiro atoms. The standard InChI is InChI=1S/C15H15NO4/c1-19-15(18)11-4-2-10(3-5-11)14(17)16-12-6-8-13(20-16)9-7-12/h2-6,8,12-13H,7,9H2,1H3. The van der Waals surface area contributed by atoms with Gasteiger partial charge in [-0.1, -0.05) is 12.2 Å². The minimum atomic E-state index is -0.416. The first kappa shape index (κ1) is 12.9. The van der Waals surface area contributed by atoms with Gasteiger partial charge in [0.05, 0.1) is 18.7 Å². The van der Waals surface area contributed by atoms with Gasteiger partial charge in [-0.2, -0.15) is 0 Å². The van der Waals surface area contributed by atoms with Gasteiger partial charge in [0.1, 0.15) is 6.10 Å². The van der Waals surface area contributed by atoms with Crippen molar-refractivity contribution >= 4 is 11.9 Å². The van der Waals surface area contributed by atoms with E-state index in [0.717, 1.165) is 12.8 Å². The van der Waals surface area contributed by atoms with Crippen LogP contribution < -0.4 is 0 Å². The Labute approximate surface area is 116 Å². The molecule has 0 aromatic heterocycles. The summed E-state index contributed by atoms with van der Waals surface area (Å²) in [6.45, 7) is 0. The van der Waals surface area contributed by atoms with Gasteiger partial charge in [-0.15, -0.1) is 0 Å². The second kappa shape index (κ2) is 5.09. The summed E-state index contributed by atoms with van der Waals surface area (Å²) >= 11 is 0. The van der Waals surface area contributed by atoms with Gasteiger partial charge in [-0.25, -0.2) is 9.86 Å². The number of rotatable bonds is 2. The van der Waals surface area contributed by atoms with Gasteiger partial charge >= 0.3 is 5.97 Å². The van der Waals surface area contributed by atoms with E-state index in [2.05, 4.69) is 4.74 Å². The van der Waals surface area contributed by atoms with Crippen LogP contribution >= 0.6 is 0 Å². The monoisotopic (exact) mass is 273 g/mol. The number of amides is 1. The van der Waals surface area contributed by atoms with E-state index in [1.807, 2.05) is 12.2 Å². The molecule has 0 radical (unpaired) electrons. The molecule has 1 aliphatic carbocycles. The zero-order valence-corrected chi connectivity index (χ0v) is 11.1. The first-order valence-corrected chi connectivity index (χ1v) is 6.56. The van der Waals surface area contributed by atoms with Gasteiger partial charge in [0.15, 0.2) is 0 Å². The maximum atomic E-state index is 12.4. The molecule has 1 saturated heterocycles. The zero-order chi connectivity index (χ0) is 14.1. The van der Waals surface area contributed by atoms with E-state index in [1.54, 1.807) is 24.3 Å². The Kier molecular flexibility index (Phi) is 3.28. The second-order valence-electron chi connectivity index (χ2n) is 4.87. The van der Waals surface area contributed by atoms with E-state index >= 15 is 0 Å². The second-order valence-corrected chi connectivity index (χ2v) is 4.87. The number of nitrogens with zero attached hydrogens (tertiary/aromatic N) is 1. The van der Waals surface area contributed by atoms with Crippen LogP contribution in [0.25, 0.3) is 0 Å². The Balaban J connectivity index is 1.78. The normalized spacial score (nSPS) is 23.8. The fourth-order valence-corrected chi connectivity index (χ4v) is 2.48. The lowest BCUT2D eigenvalue weighted by molar-refractivity contribution is -0.197. The Morgan fingerprint density at radius 1 is 1.15 bits per heavy atom. The van der Waals surface area contributed by atoms with E-state index < -0.39 is 5.97 Å². The predicted octanol–water partition coefficient (Wildman–Crippen LogP) is 1.95. The first-order valence-electron chi connectivity index (χ1n) is 6.56. The number of hydroxylamine groups is 2. The van der Waals surface area contributed by atoms with Crippen LogP contribution in [0.1, 0.15) is 33.6 Å². The number of esters is 1. The van der Waals surface area contributed by atoms with Crippen molar-refractivity contribution in [2.24, 2.45) is 0 Å². The summed E-state index contributed by atoms with van der Waals surface area (Å²) in [7, 11) is 1.33. The number of methoxy groups -OCH3 is 1. The molecule has 2 aliphatic heterocycles. The summed E-state index contributed by atoms with van der Waals surface area (Å²) in [5.74, 6) is -0.597. The van der Waals surface area contributed by atoms with Crippen molar-refractivity contribution in [3.8, 4) is 0 Å². The average Bonchev–Trinajstić information content (AvgIpc) is 2.54. The van der Waals surface area contributed by atoms with Gasteiger partial charge in [-0.05, 0) is 37.1 Å². The SMILES string of the molecule is COC(=O)c1ccc(C(=O)N2OC3C=CC2CC3)cc1. The van der Waals surface area contributed by atoms with Crippen LogP contribution in [0.15, 0.2) is 36.4 Å². The molecule has 2 heterocycles. The van der Waals surface area contributed by atoms with E-state index in [4.69, 9.17) is 4.84 Å². The largest absolute Gasteiger partial charge is 0.465 e. The van der Waals surface area contributed by atoms with E-state index in [9.17, 15) is 9.59 Å². The molecule has 2 unspecified atom stereocenters. The number of carbonyl (C=O) groups excluding carboxylic acids is 2. The molecule has 1 fully saturated rings. The van der Waals surface area contributed by atoms with Gasteiger partial charge in [0, 0.05) is 5.56 Å². The molecule has 0 saturated carbocycles. The van der Waals surface area contributed by atoms with Gasteiger partial charge < -0.3 is 4.74 Å². The van der Waals surface area contributed by atoms with Crippen molar-refractivity contribution in [1.29, 1.82) is 0 Å². The summed E-state index contributed by atoms with van der Waals surface area (Å²) in [5.41, 5.74) is 0.920. The number of hydrogen-bond donors (Lipinski definition) is 0. The summed E-state index contributed by atoms with van der Waals surface area (Å²) < 4.78 is 4.63. The zero-order valence-electron chi connectivity index (χ0n) is 11.1. The van der Waals surface area contributed by atoms with Crippen molar-refractivity contribution in [2.75, 3.05) is 7.11 Å². The lowest BCUT2D eigenvalue weighted by atomic mass is 9.97. The molecule has 0 N–H and O–H groups in total. The number of benzene rings is 1. The highest BCUT2D eigenvalue weighted by atomic mass is 16.7. The Hall–Kier alpha value is -2.14. The lowest BCUT2D eigenvalue weighted by Crippen LogP contribution is -2.48. The Bertz CT molecular complexity index is 564. The summed E-state index contributed by atoms with van der Waals surface area (Å²) in [6.07, 6.45) is 5.88. The van der Waals surface area contributed by atoms with Gasteiger partial charge in [0.2, 0.25) is 0 Å². The van der Waals surface area contributed by atoms with Crippen molar-refractivity contribution < 1.29 is 19.2 Å². The number of hydrogen-bond acceptors (Lipinski definition) is 4. The quantitative estimate of drug-likeness (QED) is 0.610. The minimum Gasteiger partial charge on any atom is -0.465 e. The van der Waals surface area contributed by atoms with Gasteiger partial charge in [0.25, 0.3) is 5.91 Å². The molecule has 1 aromatic carbocycles. The molecular formula is C15H15NO4. The van der Waals surface area contributed by atoms with E-state index in [0.29, 0.717) is 11.1 Å². The highest BCUT2D eigenvalue weighted by Gasteiger charge is 2.34. The molecular weight excluding hydrogens is 258 g/mol. The molecule has 2 bridgehead atoms. The van der Waals surface area contributed by atoms with Crippen molar-refractivity contribution in [3.05, 3.63) is 47.5 Å². The third-order valence-electron chi connectivity index (χ3n) is 3.60. The topological polar surface area (TPSA) is 55.8 Å². The highest BCUT2D eigenvalue weighted by molar-refractivity contribution is 5.96. The van der Waals surface area contributed by atoms with Crippen LogP contribution in [0, 0.1) is 0 Å². The lowest BCUT2D eigenvalue weighted by Gasteiger charge is -2.40. The molecule has 5 nitrogen and oxygen atoms in total. The average molecular weight is 273 g/mol. The molecule has 4 rings (SSSR count). The van der Waals surface area contributed by atoms with E-state index in [1.165, 1.54) is 12.2 Å². The summed E-state index contributed by atoms with van der Waals surface area (Å²) in [5, 5.41) is 1.43. The maximum absolute atomic E-state index is 12.4. The third kappa shape index (κ3) is 2.20. The maximum Gasteiger partial charge on any atom is 0.337 e. The van der Waals surface area contributed by atoms with Crippen LogP contribution in [0.5, 0.6) is 0 Å². The Morgan fingerprint density at radius 2 is 1.85 bits per heavy atom. The van der Waals surface area contributed by atoms with Crippen LogP contribution in [0.2, 0.25) is 0 Å². The molecule has 3 aliphatic rings. The third-order valence-corrected chi connectivity index (χ3v) is 3.60. The van der Waals surface area contributed by atoms with Crippen LogP contribution in [0.3, 0.4) is 0 Å². The highest BCUT2D eigenvalue weighted by Crippen LogP contribution is 2.28. The fourth-order valence-electron chi connectivity index (χ4n) is 2.48. The van der Waals surface area contributed by atoms with Crippen LogP contribution in [-0.2, 0) is 9.57 Å². The van der Waals surface area contributed by atoms with Crippen molar-refractivity contribution in [1.82, 2.24) is 5.06 Å². The van der Waals surface area contributed by atoms with Crippen LogP contribution in [0.4, 0.5) is 0 Å². The molecule has 104 valence electrons. The fraction of sp³-hybridized carbons (Fsp3) is 0.333. The molecule has 20 heavy (non-hydrogen) atoms. The molecule has 2 atom stereocenters. The predicted molar refractivity (Wildman–Crippen MR) is 71.0 cm³/mol. The first-order chi connectivity index (χ1) is 9.69. The van der Waals surface area contributed by atoms with Crippen molar-refractivity contribution in [2.45, 2.75) is 25.0 Å². The van der Waals surface area contributed by atoms with Crippen molar-refractivity contribution in [3.63, 3.8) is 0 Å². The summed E-state index contributed by atoms with van der Waals surface area (Å²) in [4.78, 5) is 29.3. The smallest absolute Gasteiger partial charge is 0.337 e. The molecule has 5 heteroatoms. The number of fused-ring (bicyclic) bond motifs is 2. The Morgan fingerprint density at radius 3 is 2.35 bits per heavy atom. The van der Waals surface area contributed by atoms with Gasteiger partial charge in [-0.3, -0.25) is 9.63 Å².